The number of hydrogen-bond donors (Lipinski definition) is 0. The zero-order valence-electron chi connectivity index (χ0n) is 16.9. The Morgan fingerprint density at radius 2 is 1.19 bits per heavy atom. The van der Waals surface area contributed by atoms with E-state index in [0.717, 1.165) is 29.3 Å². The molecule has 31 heavy (non-hydrogen) atoms. The van der Waals surface area contributed by atoms with E-state index in [0.29, 0.717) is 4.88 Å². The molecule has 0 aromatic carbocycles. The molecule has 0 aliphatic heterocycles. The third kappa shape index (κ3) is 4.18. The second-order valence-corrected chi connectivity index (χ2v) is 12.0. The van der Waals surface area contributed by atoms with Gasteiger partial charge in [-0.05, 0) is 56.3 Å². The van der Waals surface area contributed by atoms with Gasteiger partial charge in [-0.1, -0.05) is 6.58 Å². The largest absolute Gasteiger partial charge is 0.335 e. The molecular formula is C23H18F4S4. The summed E-state index contributed by atoms with van der Waals surface area (Å²) in [5, 5.41) is 0. The van der Waals surface area contributed by atoms with Gasteiger partial charge in [0.15, 0.2) is 0 Å². The van der Waals surface area contributed by atoms with Crippen molar-refractivity contribution >= 4 is 50.9 Å². The average Bonchev–Trinajstić information content (AvgIpc) is 3.45. The lowest BCUT2D eigenvalue weighted by Crippen LogP contribution is -2.38. The highest BCUT2D eigenvalue weighted by atomic mass is 32.1. The minimum atomic E-state index is -4.35. The SMILES string of the molecule is C=C(c1cc(-c2ccc(-c3ccc(C)s3)s2)sc1-c1ccc(C)s1)C(F)(F)C(C)(F)F. The van der Waals surface area contributed by atoms with Crippen molar-refractivity contribution in [3.05, 3.63) is 64.4 Å². The third-order valence-corrected chi connectivity index (χ3v) is 9.58. The van der Waals surface area contributed by atoms with Crippen molar-refractivity contribution in [3.63, 3.8) is 0 Å². The van der Waals surface area contributed by atoms with E-state index >= 15 is 0 Å². The maximum Gasteiger partial charge on any atom is 0.335 e. The molecule has 0 N–H and O–H groups in total. The monoisotopic (exact) mass is 498 g/mol. The predicted molar refractivity (Wildman–Crippen MR) is 128 cm³/mol. The Morgan fingerprint density at radius 3 is 1.71 bits per heavy atom. The summed E-state index contributed by atoms with van der Waals surface area (Å²) in [5.74, 6) is -8.55. The fourth-order valence-corrected chi connectivity index (χ4v) is 7.30. The molecule has 0 fully saturated rings. The molecule has 0 radical (unpaired) electrons. The van der Waals surface area contributed by atoms with Gasteiger partial charge in [0.2, 0.25) is 0 Å². The molecule has 0 amide bonds. The predicted octanol–water partition coefficient (Wildman–Crippen LogP) is 9.85. The van der Waals surface area contributed by atoms with E-state index in [1.54, 1.807) is 28.7 Å². The van der Waals surface area contributed by atoms with Crippen LogP contribution in [0.3, 0.4) is 0 Å². The Labute approximate surface area is 194 Å². The number of aryl methyl sites for hydroxylation is 2. The zero-order valence-corrected chi connectivity index (χ0v) is 20.2. The molecule has 4 rings (SSSR count). The number of thiophene rings is 4. The van der Waals surface area contributed by atoms with Gasteiger partial charge in [-0.25, -0.2) is 0 Å². The maximum absolute atomic E-state index is 14.5. The summed E-state index contributed by atoms with van der Waals surface area (Å²) in [6.07, 6.45) is 0. The van der Waals surface area contributed by atoms with E-state index < -0.39 is 17.4 Å². The number of halogens is 4. The highest BCUT2D eigenvalue weighted by Crippen LogP contribution is 2.51. The van der Waals surface area contributed by atoms with Crippen LogP contribution < -0.4 is 0 Å². The molecule has 0 aliphatic carbocycles. The molecule has 0 spiro atoms. The van der Waals surface area contributed by atoms with Gasteiger partial charge < -0.3 is 0 Å². The topological polar surface area (TPSA) is 0 Å². The normalized spacial score (nSPS) is 12.5. The summed E-state index contributed by atoms with van der Waals surface area (Å²) in [7, 11) is 0. The zero-order chi connectivity index (χ0) is 22.6. The Bertz CT molecular complexity index is 1250. The first kappa shape index (κ1) is 22.5. The summed E-state index contributed by atoms with van der Waals surface area (Å²) >= 11 is 6.02. The average molecular weight is 499 g/mol. The Kier molecular flexibility index (Phi) is 5.79. The van der Waals surface area contributed by atoms with Crippen LogP contribution in [0.25, 0.3) is 34.8 Å². The van der Waals surface area contributed by atoms with E-state index in [2.05, 4.69) is 18.7 Å². The van der Waals surface area contributed by atoms with Gasteiger partial charge in [0, 0.05) is 52.2 Å². The van der Waals surface area contributed by atoms with Crippen molar-refractivity contribution < 1.29 is 17.6 Å². The van der Waals surface area contributed by atoms with Gasteiger partial charge in [-0.3, -0.25) is 0 Å². The minimum Gasteiger partial charge on any atom is -0.200 e. The number of hydrogen-bond acceptors (Lipinski definition) is 4. The number of alkyl halides is 4. The van der Waals surface area contributed by atoms with Gasteiger partial charge >= 0.3 is 11.8 Å². The van der Waals surface area contributed by atoms with Crippen LogP contribution in [0.1, 0.15) is 22.2 Å². The fourth-order valence-electron chi connectivity index (χ4n) is 3.08. The second kappa shape index (κ2) is 7.99. The highest BCUT2D eigenvalue weighted by molar-refractivity contribution is 7.28. The van der Waals surface area contributed by atoms with Crippen LogP contribution >= 0.6 is 45.3 Å². The third-order valence-electron chi connectivity index (χ3n) is 4.78. The van der Waals surface area contributed by atoms with Crippen LogP contribution in [0.2, 0.25) is 0 Å². The van der Waals surface area contributed by atoms with Crippen molar-refractivity contribution in [2.24, 2.45) is 0 Å². The van der Waals surface area contributed by atoms with Crippen molar-refractivity contribution in [1.29, 1.82) is 0 Å². The smallest absolute Gasteiger partial charge is 0.200 e. The molecule has 0 aliphatic rings. The van der Waals surface area contributed by atoms with E-state index in [9.17, 15) is 17.6 Å². The Balaban J connectivity index is 1.81. The molecule has 4 heterocycles. The summed E-state index contributed by atoms with van der Waals surface area (Å²) in [4.78, 5) is 7.43. The van der Waals surface area contributed by atoms with Crippen LogP contribution in [0.15, 0.2) is 49.0 Å². The van der Waals surface area contributed by atoms with Crippen LogP contribution in [-0.4, -0.2) is 11.8 Å². The first-order valence-electron chi connectivity index (χ1n) is 9.30. The van der Waals surface area contributed by atoms with Crippen LogP contribution in [0.5, 0.6) is 0 Å². The van der Waals surface area contributed by atoms with Crippen molar-refractivity contribution in [2.75, 3.05) is 0 Å². The van der Waals surface area contributed by atoms with Crippen molar-refractivity contribution in [1.82, 2.24) is 0 Å². The number of rotatable bonds is 6. The molecular weight excluding hydrogens is 481 g/mol. The fraction of sp³-hybridized carbons (Fsp3) is 0.217. The molecule has 8 heteroatoms. The van der Waals surface area contributed by atoms with Crippen molar-refractivity contribution in [2.45, 2.75) is 32.6 Å². The quantitative estimate of drug-likeness (QED) is 0.232. The maximum atomic E-state index is 14.5. The van der Waals surface area contributed by atoms with Crippen LogP contribution in [0, 0.1) is 13.8 Å². The molecule has 0 bridgehead atoms. The molecule has 0 unspecified atom stereocenters. The van der Waals surface area contributed by atoms with Crippen LogP contribution in [-0.2, 0) is 0 Å². The van der Waals surface area contributed by atoms with E-state index in [1.807, 2.05) is 38.1 Å². The van der Waals surface area contributed by atoms with Gasteiger partial charge in [-0.2, -0.15) is 17.6 Å². The summed E-state index contributed by atoms with van der Waals surface area (Å²) in [6.45, 7) is 7.59. The first-order chi connectivity index (χ1) is 14.5. The molecule has 4 aromatic heterocycles. The van der Waals surface area contributed by atoms with E-state index in [-0.39, 0.29) is 12.5 Å². The number of allylic oxidation sites excluding steroid dienone is 1. The van der Waals surface area contributed by atoms with Gasteiger partial charge in [0.25, 0.3) is 0 Å². The lowest BCUT2D eigenvalue weighted by molar-refractivity contribution is -0.159. The second-order valence-electron chi connectivity index (χ2n) is 7.28. The molecule has 0 atom stereocenters. The Morgan fingerprint density at radius 1 is 0.710 bits per heavy atom. The van der Waals surface area contributed by atoms with Gasteiger partial charge in [0.1, 0.15) is 0 Å². The molecule has 0 saturated carbocycles. The van der Waals surface area contributed by atoms with E-state index in [1.165, 1.54) is 27.6 Å². The lowest BCUT2D eigenvalue weighted by Gasteiger charge is -2.25. The molecule has 162 valence electrons. The van der Waals surface area contributed by atoms with Crippen molar-refractivity contribution in [3.8, 4) is 29.3 Å². The van der Waals surface area contributed by atoms with Gasteiger partial charge in [-0.15, -0.1) is 45.3 Å². The molecule has 0 nitrogen and oxygen atoms in total. The summed E-state index contributed by atoms with van der Waals surface area (Å²) < 4.78 is 56.4. The molecule has 4 aromatic rings. The van der Waals surface area contributed by atoms with E-state index in [4.69, 9.17) is 0 Å². The van der Waals surface area contributed by atoms with Gasteiger partial charge in [0.05, 0.1) is 4.88 Å². The highest BCUT2D eigenvalue weighted by Gasteiger charge is 2.55. The lowest BCUT2D eigenvalue weighted by atomic mass is 9.97. The minimum absolute atomic E-state index is 0.0790. The first-order valence-corrected chi connectivity index (χ1v) is 12.6. The summed E-state index contributed by atoms with van der Waals surface area (Å²) in [5.41, 5.74) is -0.774. The standard InChI is InChI=1S/C23H18F4S4/c1-12-5-7-16(28-12)17-9-10-18(30-17)20-11-15(14(3)23(26,27)22(4,24)25)21(31-20)19-8-6-13(2)29-19/h5-11H,3H2,1-2,4H3. The summed E-state index contributed by atoms with van der Waals surface area (Å²) in [6, 6.07) is 13.4. The Hall–Kier alpha value is -1.74. The molecule has 0 saturated heterocycles. The van der Waals surface area contributed by atoms with Crippen LogP contribution in [0.4, 0.5) is 17.6 Å².